The van der Waals surface area contributed by atoms with E-state index in [0.29, 0.717) is 5.95 Å². The summed E-state index contributed by atoms with van der Waals surface area (Å²) >= 11 is 0. The highest BCUT2D eigenvalue weighted by molar-refractivity contribution is 6.22. The predicted octanol–water partition coefficient (Wildman–Crippen LogP) is 10.1. The Kier molecular flexibility index (Phi) is 4.69. The lowest BCUT2D eigenvalue weighted by Gasteiger charge is -2.12. The van der Waals surface area contributed by atoms with Gasteiger partial charge in [0, 0.05) is 37.9 Å². The Bertz CT molecular complexity index is 2770. The summed E-state index contributed by atoms with van der Waals surface area (Å²) in [4.78, 5) is 10.5. The van der Waals surface area contributed by atoms with Crippen LogP contribution in [0.25, 0.3) is 88.0 Å². The van der Waals surface area contributed by atoms with Crippen LogP contribution in [0.2, 0.25) is 0 Å². The van der Waals surface area contributed by atoms with Gasteiger partial charge in [-0.15, -0.1) is 0 Å². The summed E-state index contributed by atoms with van der Waals surface area (Å²) in [6, 6.07) is 51.7. The van der Waals surface area contributed by atoms with Gasteiger partial charge < -0.3 is 4.40 Å². The summed E-state index contributed by atoms with van der Waals surface area (Å²) < 4.78 is 4.70. The van der Waals surface area contributed by atoms with Crippen LogP contribution >= 0.6 is 0 Å². The van der Waals surface area contributed by atoms with Crippen molar-refractivity contribution in [2.75, 3.05) is 0 Å². The minimum absolute atomic E-state index is 0.672. The molecule has 0 amide bonds. The number of aromatic nitrogens is 4. The van der Waals surface area contributed by atoms with Crippen LogP contribution < -0.4 is 0 Å². The summed E-state index contributed by atoms with van der Waals surface area (Å²) in [5, 5.41) is 8.35. The van der Waals surface area contributed by atoms with E-state index in [1.165, 1.54) is 48.9 Å². The van der Waals surface area contributed by atoms with Crippen molar-refractivity contribution in [3.05, 3.63) is 146 Å². The van der Waals surface area contributed by atoms with E-state index >= 15 is 0 Å². The number of fused-ring (bicyclic) bond motifs is 13. The first-order chi connectivity index (χ1) is 21.8. The van der Waals surface area contributed by atoms with E-state index < -0.39 is 0 Å². The zero-order valence-electron chi connectivity index (χ0n) is 23.6. The molecular formula is C40H24N4. The SMILES string of the molecule is c1ccc(-c2nc(-n3c4ccccc4c4ccc5c(cc6c7ccccc7c7ccccc7n65)c43)nc3ccccc23)cc1. The molecule has 0 N–H and O–H groups in total. The molecule has 204 valence electrons. The highest BCUT2D eigenvalue weighted by Gasteiger charge is 2.21. The Balaban J connectivity index is 1.41. The second-order valence-electron chi connectivity index (χ2n) is 11.4. The average molecular weight is 561 g/mol. The minimum atomic E-state index is 0.672. The summed E-state index contributed by atoms with van der Waals surface area (Å²) in [6.45, 7) is 0. The van der Waals surface area contributed by atoms with Crippen LogP contribution in [-0.2, 0) is 0 Å². The summed E-state index contributed by atoms with van der Waals surface area (Å²) in [6.07, 6.45) is 0. The molecule has 0 saturated carbocycles. The lowest BCUT2D eigenvalue weighted by atomic mass is 10.1. The first-order valence-electron chi connectivity index (χ1n) is 14.9. The van der Waals surface area contributed by atoms with Crippen molar-refractivity contribution in [2.24, 2.45) is 0 Å². The van der Waals surface area contributed by atoms with Crippen molar-refractivity contribution in [1.29, 1.82) is 0 Å². The molecule has 0 spiro atoms. The fourth-order valence-electron chi connectivity index (χ4n) is 7.22. The highest BCUT2D eigenvalue weighted by Crippen LogP contribution is 2.41. The standard InChI is InChI=1S/C40H24N4/c1-2-12-25(13-3-1)38-31-18-6-9-19-33(31)41-40(42-38)44-35-21-11-8-17-29(35)30-22-23-36-32(39(30)44)24-37-28-16-5-4-14-26(28)27-15-7-10-20-34(27)43(36)37/h1-24H. The Morgan fingerprint density at radius 3 is 1.77 bits per heavy atom. The lowest BCUT2D eigenvalue weighted by Crippen LogP contribution is -2.03. The molecule has 44 heavy (non-hydrogen) atoms. The van der Waals surface area contributed by atoms with Gasteiger partial charge in [0.25, 0.3) is 0 Å². The molecule has 10 aromatic rings. The van der Waals surface area contributed by atoms with E-state index in [2.05, 4.69) is 148 Å². The zero-order chi connectivity index (χ0) is 28.8. The highest BCUT2D eigenvalue weighted by atomic mass is 15.2. The van der Waals surface area contributed by atoms with E-state index in [1.807, 2.05) is 6.07 Å². The van der Waals surface area contributed by atoms with E-state index in [-0.39, 0.29) is 0 Å². The third kappa shape index (κ3) is 3.11. The van der Waals surface area contributed by atoms with Crippen molar-refractivity contribution in [2.45, 2.75) is 0 Å². The molecule has 4 aromatic heterocycles. The van der Waals surface area contributed by atoms with Gasteiger partial charge in [-0.3, -0.25) is 4.57 Å². The Labute approximate surface area is 252 Å². The van der Waals surface area contributed by atoms with Crippen molar-refractivity contribution in [3.8, 4) is 17.2 Å². The number of nitrogens with zero attached hydrogens (tertiary/aromatic N) is 4. The molecular weight excluding hydrogens is 536 g/mol. The molecule has 0 aliphatic heterocycles. The number of hydrogen-bond acceptors (Lipinski definition) is 2. The molecule has 0 aliphatic rings. The Hall–Kier alpha value is -6.00. The van der Waals surface area contributed by atoms with E-state index in [4.69, 9.17) is 9.97 Å². The average Bonchev–Trinajstić information content (AvgIpc) is 3.65. The van der Waals surface area contributed by atoms with Crippen molar-refractivity contribution in [3.63, 3.8) is 0 Å². The maximum Gasteiger partial charge on any atom is 0.235 e. The van der Waals surface area contributed by atoms with Crippen LogP contribution in [0.1, 0.15) is 0 Å². The van der Waals surface area contributed by atoms with Gasteiger partial charge >= 0.3 is 0 Å². The molecule has 0 fully saturated rings. The van der Waals surface area contributed by atoms with Gasteiger partial charge in [0.2, 0.25) is 5.95 Å². The van der Waals surface area contributed by atoms with E-state index in [9.17, 15) is 0 Å². The number of benzene rings is 6. The fourth-order valence-corrected chi connectivity index (χ4v) is 7.22. The second kappa shape index (κ2) is 8.76. The number of hydrogen-bond donors (Lipinski definition) is 0. The topological polar surface area (TPSA) is 35.1 Å². The predicted molar refractivity (Wildman–Crippen MR) is 183 cm³/mol. The third-order valence-corrected chi connectivity index (χ3v) is 9.09. The van der Waals surface area contributed by atoms with Gasteiger partial charge in [-0.05, 0) is 35.7 Å². The normalized spacial score (nSPS) is 12.1. The number of para-hydroxylation sites is 3. The second-order valence-corrected chi connectivity index (χ2v) is 11.4. The lowest BCUT2D eigenvalue weighted by molar-refractivity contribution is 1.02. The van der Waals surface area contributed by atoms with Crippen LogP contribution in [-0.4, -0.2) is 18.9 Å². The van der Waals surface area contributed by atoms with Gasteiger partial charge in [0.15, 0.2) is 0 Å². The van der Waals surface area contributed by atoms with E-state index in [0.717, 1.165) is 33.2 Å². The largest absolute Gasteiger partial charge is 0.309 e. The van der Waals surface area contributed by atoms with Gasteiger partial charge in [0.05, 0.1) is 38.8 Å². The number of pyridine rings is 1. The van der Waals surface area contributed by atoms with Crippen LogP contribution in [0, 0.1) is 0 Å². The molecule has 6 aromatic carbocycles. The molecule has 0 bridgehead atoms. The molecule has 0 aliphatic carbocycles. The smallest absolute Gasteiger partial charge is 0.235 e. The molecule has 0 radical (unpaired) electrons. The van der Waals surface area contributed by atoms with Gasteiger partial charge in [-0.1, -0.05) is 115 Å². The maximum atomic E-state index is 5.32. The van der Waals surface area contributed by atoms with Gasteiger partial charge in [-0.2, -0.15) is 0 Å². The molecule has 10 rings (SSSR count). The summed E-state index contributed by atoms with van der Waals surface area (Å²) in [5.41, 5.74) is 8.71. The van der Waals surface area contributed by atoms with Gasteiger partial charge in [0.1, 0.15) is 0 Å². The van der Waals surface area contributed by atoms with E-state index in [1.54, 1.807) is 0 Å². The van der Waals surface area contributed by atoms with Crippen molar-refractivity contribution < 1.29 is 0 Å². The van der Waals surface area contributed by atoms with Crippen molar-refractivity contribution in [1.82, 2.24) is 18.9 Å². The van der Waals surface area contributed by atoms with Gasteiger partial charge in [-0.25, -0.2) is 9.97 Å². The van der Waals surface area contributed by atoms with Crippen LogP contribution in [0.4, 0.5) is 0 Å². The molecule has 4 heterocycles. The fraction of sp³-hybridized carbons (Fsp3) is 0. The molecule has 0 atom stereocenters. The molecule has 0 saturated heterocycles. The summed E-state index contributed by atoms with van der Waals surface area (Å²) in [5.74, 6) is 0.672. The quantitative estimate of drug-likeness (QED) is 0.197. The van der Waals surface area contributed by atoms with Crippen LogP contribution in [0.5, 0.6) is 0 Å². The Morgan fingerprint density at radius 1 is 0.386 bits per heavy atom. The van der Waals surface area contributed by atoms with Crippen LogP contribution in [0.3, 0.4) is 0 Å². The summed E-state index contributed by atoms with van der Waals surface area (Å²) in [7, 11) is 0. The third-order valence-electron chi connectivity index (χ3n) is 9.09. The molecule has 4 heteroatoms. The Morgan fingerprint density at radius 2 is 0.977 bits per heavy atom. The van der Waals surface area contributed by atoms with Crippen molar-refractivity contribution >= 4 is 70.8 Å². The monoisotopic (exact) mass is 560 g/mol. The molecule has 0 unspecified atom stereocenters. The first-order valence-corrected chi connectivity index (χ1v) is 14.9. The first kappa shape index (κ1) is 23.6. The number of rotatable bonds is 2. The van der Waals surface area contributed by atoms with Crippen LogP contribution in [0.15, 0.2) is 146 Å². The maximum absolute atomic E-state index is 5.32. The minimum Gasteiger partial charge on any atom is -0.309 e. The zero-order valence-corrected chi connectivity index (χ0v) is 23.6. The molecule has 4 nitrogen and oxygen atoms in total.